The molecule has 0 saturated heterocycles. The van der Waals surface area contributed by atoms with E-state index in [0.717, 1.165) is 6.54 Å². The van der Waals surface area contributed by atoms with Crippen molar-refractivity contribution < 1.29 is 0 Å². The normalized spacial score (nSPS) is 23.6. The molecule has 0 aliphatic heterocycles. The van der Waals surface area contributed by atoms with Crippen molar-refractivity contribution in [2.75, 3.05) is 0 Å². The van der Waals surface area contributed by atoms with Crippen molar-refractivity contribution in [1.82, 2.24) is 19.4 Å². The van der Waals surface area contributed by atoms with Gasteiger partial charge in [-0.1, -0.05) is 0 Å². The Hall–Kier alpha value is -1.55. The molecule has 1 fully saturated rings. The van der Waals surface area contributed by atoms with Crippen LogP contribution >= 0.6 is 0 Å². The molecule has 0 radical (unpaired) electrons. The largest absolute Gasteiger partial charge is 0.357 e. The Kier molecular flexibility index (Phi) is 3.19. The van der Waals surface area contributed by atoms with E-state index in [0.29, 0.717) is 12.1 Å². The van der Waals surface area contributed by atoms with Crippen LogP contribution in [0.5, 0.6) is 0 Å². The second-order valence-electron chi connectivity index (χ2n) is 5.18. The van der Waals surface area contributed by atoms with Crippen molar-refractivity contribution in [2.24, 2.45) is 7.05 Å². The van der Waals surface area contributed by atoms with Gasteiger partial charge in [0.15, 0.2) is 0 Å². The second kappa shape index (κ2) is 4.98. The van der Waals surface area contributed by atoms with Crippen LogP contribution in [0.15, 0.2) is 37.2 Å². The van der Waals surface area contributed by atoms with Crippen LogP contribution in [0.25, 0.3) is 0 Å². The molecule has 0 aromatic carbocycles. The van der Waals surface area contributed by atoms with Crippen molar-refractivity contribution in [2.45, 2.75) is 37.9 Å². The van der Waals surface area contributed by atoms with E-state index < -0.39 is 0 Å². The lowest BCUT2D eigenvalue weighted by Crippen LogP contribution is -2.33. The first-order valence-electron chi connectivity index (χ1n) is 6.64. The topological polar surface area (TPSA) is 34.8 Å². The summed E-state index contributed by atoms with van der Waals surface area (Å²) in [5, 5.41) is 3.69. The summed E-state index contributed by atoms with van der Waals surface area (Å²) in [6.45, 7) is 0.955. The molecule has 2 aromatic rings. The third kappa shape index (κ3) is 2.34. The third-order valence-corrected chi connectivity index (χ3v) is 3.85. The highest BCUT2D eigenvalue weighted by Gasteiger charge is 2.27. The summed E-state index contributed by atoms with van der Waals surface area (Å²) in [5.41, 5.74) is 1.36. The molecule has 1 aliphatic carbocycles. The van der Waals surface area contributed by atoms with Crippen LogP contribution in [-0.4, -0.2) is 20.2 Å². The summed E-state index contributed by atoms with van der Waals surface area (Å²) in [5.74, 6) is 0. The van der Waals surface area contributed by atoms with Gasteiger partial charge in [-0.3, -0.25) is 0 Å². The number of aromatic nitrogens is 3. The van der Waals surface area contributed by atoms with E-state index in [9.17, 15) is 0 Å². The van der Waals surface area contributed by atoms with Gasteiger partial charge < -0.3 is 14.5 Å². The number of hydrogen-bond acceptors (Lipinski definition) is 2. The Bertz CT molecular complexity index is 486. The highest BCUT2D eigenvalue weighted by Crippen LogP contribution is 2.30. The van der Waals surface area contributed by atoms with Crippen LogP contribution in [0, 0.1) is 0 Å². The van der Waals surface area contributed by atoms with Gasteiger partial charge in [0, 0.05) is 50.5 Å². The highest BCUT2D eigenvalue weighted by molar-refractivity contribution is 5.10. The number of hydrogen-bond donors (Lipinski definition) is 1. The van der Waals surface area contributed by atoms with Gasteiger partial charge >= 0.3 is 0 Å². The molecule has 2 heterocycles. The molecular formula is C14H20N4. The molecule has 96 valence electrons. The van der Waals surface area contributed by atoms with Crippen LogP contribution in [0.3, 0.4) is 0 Å². The molecule has 2 aromatic heterocycles. The van der Waals surface area contributed by atoms with Crippen LogP contribution in [-0.2, 0) is 13.6 Å². The minimum absolute atomic E-state index is 0.566. The molecule has 4 heteroatoms. The molecule has 1 N–H and O–H groups in total. The van der Waals surface area contributed by atoms with Crippen molar-refractivity contribution >= 4 is 0 Å². The van der Waals surface area contributed by atoms with E-state index in [-0.39, 0.29) is 0 Å². The quantitative estimate of drug-likeness (QED) is 0.894. The average molecular weight is 244 g/mol. The van der Waals surface area contributed by atoms with Crippen LogP contribution in [0.2, 0.25) is 0 Å². The first kappa shape index (κ1) is 11.5. The Morgan fingerprint density at radius 2 is 2.33 bits per heavy atom. The van der Waals surface area contributed by atoms with Crippen LogP contribution in [0.1, 0.15) is 30.9 Å². The summed E-state index contributed by atoms with van der Waals surface area (Å²) in [6, 6.07) is 3.31. The summed E-state index contributed by atoms with van der Waals surface area (Å²) in [6.07, 6.45) is 14.0. The fraction of sp³-hybridized carbons (Fsp3) is 0.500. The van der Waals surface area contributed by atoms with Gasteiger partial charge in [-0.15, -0.1) is 0 Å². The number of rotatable bonds is 4. The summed E-state index contributed by atoms with van der Waals surface area (Å²) >= 11 is 0. The highest BCUT2D eigenvalue weighted by atomic mass is 15.1. The summed E-state index contributed by atoms with van der Waals surface area (Å²) in [4.78, 5) is 4.15. The molecule has 1 saturated carbocycles. The van der Waals surface area contributed by atoms with Crippen molar-refractivity contribution in [3.8, 4) is 0 Å². The molecular weight excluding hydrogens is 224 g/mol. The third-order valence-electron chi connectivity index (χ3n) is 3.85. The zero-order valence-corrected chi connectivity index (χ0v) is 10.8. The first-order chi connectivity index (χ1) is 8.83. The zero-order valence-electron chi connectivity index (χ0n) is 10.8. The maximum atomic E-state index is 4.15. The summed E-state index contributed by atoms with van der Waals surface area (Å²) in [7, 11) is 2.06. The van der Waals surface area contributed by atoms with Gasteiger partial charge in [-0.05, 0) is 30.9 Å². The lowest BCUT2D eigenvalue weighted by molar-refractivity contribution is 0.390. The smallest absolute Gasteiger partial charge is 0.0949 e. The predicted molar refractivity (Wildman–Crippen MR) is 71.2 cm³/mol. The van der Waals surface area contributed by atoms with E-state index in [4.69, 9.17) is 0 Å². The van der Waals surface area contributed by atoms with E-state index in [1.807, 2.05) is 12.5 Å². The van der Waals surface area contributed by atoms with Gasteiger partial charge in [0.25, 0.3) is 0 Å². The number of aryl methyl sites for hydroxylation is 1. The Labute approximate surface area is 108 Å². The van der Waals surface area contributed by atoms with Gasteiger partial charge in [0.05, 0.1) is 6.33 Å². The minimum Gasteiger partial charge on any atom is -0.357 e. The van der Waals surface area contributed by atoms with Crippen molar-refractivity contribution in [1.29, 1.82) is 0 Å². The van der Waals surface area contributed by atoms with E-state index in [2.05, 4.69) is 51.1 Å². The Morgan fingerprint density at radius 3 is 3.06 bits per heavy atom. The van der Waals surface area contributed by atoms with Gasteiger partial charge in [-0.2, -0.15) is 0 Å². The molecule has 0 spiro atoms. The number of imidazole rings is 1. The SMILES string of the molecule is Cn1ccc(CNC2CCCC2n2ccnc2)c1. The first-order valence-corrected chi connectivity index (χ1v) is 6.64. The van der Waals surface area contributed by atoms with E-state index in [1.165, 1.54) is 24.8 Å². The predicted octanol–water partition coefficient (Wildman–Crippen LogP) is 2.10. The maximum Gasteiger partial charge on any atom is 0.0949 e. The summed E-state index contributed by atoms with van der Waals surface area (Å²) < 4.78 is 4.34. The molecule has 18 heavy (non-hydrogen) atoms. The molecule has 2 atom stereocenters. The van der Waals surface area contributed by atoms with Gasteiger partial charge in [0.2, 0.25) is 0 Å². The van der Waals surface area contributed by atoms with Crippen LogP contribution in [0.4, 0.5) is 0 Å². The monoisotopic (exact) mass is 244 g/mol. The molecule has 4 nitrogen and oxygen atoms in total. The fourth-order valence-corrected chi connectivity index (χ4v) is 2.92. The lowest BCUT2D eigenvalue weighted by Gasteiger charge is -2.22. The van der Waals surface area contributed by atoms with E-state index >= 15 is 0 Å². The molecule has 1 aliphatic rings. The minimum atomic E-state index is 0.566. The molecule has 2 unspecified atom stereocenters. The van der Waals surface area contributed by atoms with Gasteiger partial charge in [-0.25, -0.2) is 4.98 Å². The second-order valence-corrected chi connectivity index (χ2v) is 5.18. The molecule has 0 bridgehead atoms. The lowest BCUT2D eigenvalue weighted by atomic mass is 10.1. The number of nitrogens with one attached hydrogen (secondary N) is 1. The van der Waals surface area contributed by atoms with Gasteiger partial charge in [0.1, 0.15) is 0 Å². The fourth-order valence-electron chi connectivity index (χ4n) is 2.92. The van der Waals surface area contributed by atoms with Crippen molar-refractivity contribution in [3.63, 3.8) is 0 Å². The van der Waals surface area contributed by atoms with E-state index in [1.54, 1.807) is 0 Å². The molecule has 3 rings (SSSR count). The Balaban J connectivity index is 1.62. The average Bonchev–Trinajstić information content (AvgIpc) is 3.07. The van der Waals surface area contributed by atoms with Crippen LogP contribution < -0.4 is 5.32 Å². The van der Waals surface area contributed by atoms with Crippen molar-refractivity contribution in [3.05, 3.63) is 42.7 Å². The Morgan fingerprint density at radius 1 is 1.39 bits per heavy atom. The standard InChI is InChI=1S/C14H20N4/c1-17-7-5-12(10-17)9-16-13-3-2-4-14(13)18-8-6-15-11-18/h5-8,10-11,13-14,16H,2-4,9H2,1H3. The molecule has 0 amide bonds. The number of nitrogens with zero attached hydrogens (tertiary/aromatic N) is 3. The zero-order chi connectivity index (χ0) is 12.4. The maximum absolute atomic E-state index is 4.15.